The lowest BCUT2D eigenvalue weighted by molar-refractivity contribution is 0.493. The number of tetrazole rings is 1. The Hall–Kier alpha value is -2.20. The van der Waals surface area contributed by atoms with Crippen molar-refractivity contribution in [3.05, 3.63) is 24.3 Å². The molecule has 0 aliphatic rings. The van der Waals surface area contributed by atoms with Crippen LogP contribution in [-0.4, -0.2) is 36.9 Å². The van der Waals surface area contributed by atoms with Crippen LogP contribution in [0.1, 0.15) is 5.89 Å². The van der Waals surface area contributed by atoms with Crippen LogP contribution in [0.15, 0.2) is 32.4 Å². The van der Waals surface area contributed by atoms with Gasteiger partial charge in [-0.1, -0.05) is 11.8 Å². The first-order chi connectivity index (χ1) is 9.86. The number of aromatic nitrogens is 6. The summed E-state index contributed by atoms with van der Waals surface area (Å²) in [5.41, 5.74) is 5.48. The molecule has 10 heteroatoms. The summed E-state index contributed by atoms with van der Waals surface area (Å²) in [4.78, 5) is 0. The number of nitrogens with zero attached hydrogens (tertiary/aromatic N) is 6. The Morgan fingerprint density at radius 3 is 3.05 bits per heavy atom. The van der Waals surface area contributed by atoms with Gasteiger partial charge in [0.15, 0.2) is 5.76 Å². The lowest BCUT2D eigenvalue weighted by atomic mass is 10.5. The predicted molar refractivity (Wildman–Crippen MR) is 68.4 cm³/mol. The molecule has 0 amide bonds. The molecule has 0 aliphatic carbocycles. The molecule has 0 fully saturated rings. The smallest absolute Gasteiger partial charge is 0.283 e. The molecule has 3 aromatic rings. The second-order valence-corrected chi connectivity index (χ2v) is 4.68. The summed E-state index contributed by atoms with van der Waals surface area (Å²) in [5.74, 6) is 1.84. The van der Waals surface area contributed by atoms with Gasteiger partial charge in [0.1, 0.15) is 0 Å². The standard InChI is InChI=1S/C10H11N7O2S/c11-3-4-17-10(14-15-16-17)20-6-8-12-13-9(19-8)7-2-1-5-18-7/h1-2,5H,3-4,6,11H2. The van der Waals surface area contributed by atoms with E-state index in [4.69, 9.17) is 14.6 Å². The van der Waals surface area contributed by atoms with E-state index in [1.54, 1.807) is 23.1 Å². The summed E-state index contributed by atoms with van der Waals surface area (Å²) >= 11 is 1.40. The van der Waals surface area contributed by atoms with Crippen LogP contribution in [0, 0.1) is 0 Å². The third kappa shape index (κ3) is 2.70. The molecular formula is C10H11N7O2S. The van der Waals surface area contributed by atoms with Crippen molar-refractivity contribution < 1.29 is 8.83 Å². The van der Waals surface area contributed by atoms with Crippen LogP contribution in [-0.2, 0) is 12.3 Å². The van der Waals surface area contributed by atoms with Crippen molar-refractivity contribution in [3.63, 3.8) is 0 Å². The van der Waals surface area contributed by atoms with Crippen LogP contribution in [0.3, 0.4) is 0 Å². The number of furan rings is 1. The minimum Gasteiger partial charge on any atom is -0.459 e. The van der Waals surface area contributed by atoms with Crippen molar-refractivity contribution in [1.82, 2.24) is 30.4 Å². The summed E-state index contributed by atoms with van der Waals surface area (Å²) in [5, 5.41) is 19.9. The number of hydrogen-bond donors (Lipinski definition) is 1. The Balaban J connectivity index is 1.65. The van der Waals surface area contributed by atoms with Gasteiger partial charge in [-0.15, -0.1) is 15.3 Å². The molecule has 9 nitrogen and oxygen atoms in total. The van der Waals surface area contributed by atoms with Crippen molar-refractivity contribution in [2.24, 2.45) is 5.73 Å². The molecule has 0 spiro atoms. The Bertz CT molecular complexity index is 663. The molecule has 3 heterocycles. The molecule has 0 radical (unpaired) electrons. The van der Waals surface area contributed by atoms with E-state index in [0.29, 0.717) is 41.5 Å². The van der Waals surface area contributed by atoms with Crippen molar-refractivity contribution in [1.29, 1.82) is 0 Å². The fraction of sp³-hybridized carbons (Fsp3) is 0.300. The Morgan fingerprint density at radius 1 is 1.30 bits per heavy atom. The third-order valence-corrected chi connectivity index (χ3v) is 3.31. The SMILES string of the molecule is NCCn1nnnc1SCc1nnc(-c2ccco2)o1. The van der Waals surface area contributed by atoms with Gasteiger partial charge < -0.3 is 14.6 Å². The average Bonchev–Trinajstić information content (AvgIpc) is 3.18. The van der Waals surface area contributed by atoms with Crippen molar-refractivity contribution >= 4 is 11.8 Å². The highest BCUT2D eigenvalue weighted by atomic mass is 32.2. The Kier molecular flexibility index (Phi) is 3.74. The average molecular weight is 293 g/mol. The molecule has 0 saturated heterocycles. The number of hydrogen-bond acceptors (Lipinski definition) is 9. The van der Waals surface area contributed by atoms with Crippen LogP contribution >= 0.6 is 11.8 Å². The topological polar surface area (TPSA) is 122 Å². The molecule has 3 rings (SSSR count). The zero-order valence-electron chi connectivity index (χ0n) is 10.3. The van der Waals surface area contributed by atoms with Gasteiger partial charge in [-0.2, -0.15) is 0 Å². The van der Waals surface area contributed by atoms with Crippen molar-refractivity contribution in [3.8, 4) is 11.7 Å². The highest BCUT2D eigenvalue weighted by Crippen LogP contribution is 2.22. The van der Waals surface area contributed by atoms with E-state index < -0.39 is 0 Å². The maximum absolute atomic E-state index is 5.49. The molecular weight excluding hydrogens is 282 g/mol. The monoisotopic (exact) mass is 293 g/mol. The second-order valence-electron chi connectivity index (χ2n) is 3.74. The summed E-state index contributed by atoms with van der Waals surface area (Å²) in [6.07, 6.45) is 1.55. The summed E-state index contributed by atoms with van der Waals surface area (Å²) in [6, 6.07) is 3.52. The first-order valence-electron chi connectivity index (χ1n) is 5.82. The van der Waals surface area contributed by atoms with E-state index in [1.807, 2.05) is 0 Å². The second kappa shape index (κ2) is 5.84. The number of rotatable bonds is 6. The van der Waals surface area contributed by atoms with E-state index in [1.165, 1.54) is 11.8 Å². The quantitative estimate of drug-likeness (QED) is 0.649. The van der Waals surface area contributed by atoms with E-state index in [2.05, 4.69) is 25.7 Å². The van der Waals surface area contributed by atoms with Crippen LogP contribution in [0.25, 0.3) is 11.7 Å². The van der Waals surface area contributed by atoms with Crippen LogP contribution in [0.4, 0.5) is 0 Å². The lowest BCUT2D eigenvalue weighted by Gasteiger charge is -1.99. The third-order valence-electron chi connectivity index (χ3n) is 2.36. The van der Waals surface area contributed by atoms with Gasteiger partial charge in [0.25, 0.3) is 5.89 Å². The van der Waals surface area contributed by atoms with Gasteiger partial charge in [-0.25, -0.2) is 4.68 Å². The lowest BCUT2D eigenvalue weighted by Crippen LogP contribution is -2.12. The fourth-order valence-corrected chi connectivity index (χ4v) is 2.24. The van der Waals surface area contributed by atoms with E-state index >= 15 is 0 Å². The molecule has 3 aromatic heterocycles. The fourth-order valence-electron chi connectivity index (χ4n) is 1.50. The van der Waals surface area contributed by atoms with Gasteiger partial charge >= 0.3 is 0 Å². The van der Waals surface area contributed by atoms with Gasteiger partial charge in [0.05, 0.1) is 18.6 Å². The van der Waals surface area contributed by atoms with Crippen molar-refractivity contribution in [2.45, 2.75) is 17.5 Å². The Morgan fingerprint density at radius 2 is 2.25 bits per heavy atom. The summed E-state index contributed by atoms with van der Waals surface area (Å²) in [6.45, 7) is 1.04. The number of thioether (sulfide) groups is 1. The zero-order valence-corrected chi connectivity index (χ0v) is 11.2. The van der Waals surface area contributed by atoms with E-state index in [-0.39, 0.29) is 0 Å². The minimum absolute atomic E-state index is 0.354. The largest absolute Gasteiger partial charge is 0.459 e. The number of nitrogens with two attached hydrogens (primary N) is 1. The molecule has 104 valence electrons. The summed E-state index contributed by atoms with van der Waals surface area (Å²) in [7, 11) is 0. The molecule has 0 aromatic carbocycles. The maximum atomic E-state index is 5.49. The molecule has 0 unspecified atom stereocenters. The molecule has 0 bridgehead atoms. The molecule has 0 saturated carbocycles. The van der Waals surface area contributed by atoms with Gasteiger partial charge in [0.2, 0.25) is 11.0 Å². The molecule has 0 atom stereocenters. The molecule has 20 heavy (non-hydrogen) atoms. The summed E-state index contributed by atoms with van der Waals surface area (Å²) < 4.78 is 12.3. The molecule has 2 N–H and O–H groups in total. The van der Waals surface area contributed by atoms with Gasteiger partial charge in [-0.3, -0.25) is 0 Å². The highest BCUT2D eigenvalue weighted by Gasteiger charge is 2.13. The first-order valence-corrected chi connectivity index (χ1v) is 6.80. The maximum Gasteiger partial charge on any atom is 0.283 e. The first kappa shape index (κ1) is 12.8. The van der Waals surface area contributed by atoms with Crippen LogP contribution < -0.4 is 5.73 Å². The van der Waals surface area contributed by atoms with E-state index in [9.17, 15) is 0 Å². The van der Waals surface area contributed by atoms with Gasteiger partial charge in [-0.05, 0) is 22.6 Å². The zero-order chi connectivity index (χ0) is 13.8. The van der Waals surface area contributed by atoms with E-state index in [0.717, 1.165) is 0 Å². The van der Waals surface area contributed by atoms with Gasteiger partial charge in [0, 0.05) is 6.54 Å². The highest BCUT2D eigenvalue weighted by molar-refractivity contribution is 7.98. The van der Waals surface area contributed by atoms with Crippen molar-refractivity contribution in [2.75, 3.05) is 6.54 Å². The molecule has 0 aliphatic heterocycles. The van der Waals surface area contributed by atoms with Crippen LogP contribution in [0.2, 0.25) is 0 Å². The minimum atomic E-state index is 0.354. The normalized spacial score (nSPS) is 11.1. The predicted octanol–water partition coefficient (Wildman–Crippen LogP) is 0.567. The van der Waals surface area contributed by atoms with Crippen LogP contribution in [0.5, 0.6) is 0 Å². The Labute approximate surface area is 117 Å².